The molecule has 1 N–H and O–H groups in total. The van der Waals surface area contributed by atoms with Gasteiger partial charge in [0.25, 0.3) is 0 Å². The highest BCUT2D eigenvalue weighted by molar-refractivity contribution is 6.02. The lowest BCUT2D eigenvalue weighted by atomic mass is 10.1. The predicted octanol–water partition coefficient (Wildman–Crippen LogP) is 4.15. The van der Waals surface area contributed by atoms with E-state index in [4.69, 9.17) is 0 Å². The molecule has 1 aliphatic rings. The summed E-state index contributed by atoms with van der Waals surface area (Å²) in [7, 11) is 0. The van der Waals surface area contributed by atoms with Crippen LogP contribution in [0.1, 0.15) is 19.4 Å². The highest BCUT2D eigenvalue weighted by Gasteiger charge is 2.30. The fourth-order valence-electron chi connectivity index (χ4n) is 3.11. The van der Waals surface area contributed by atoms with Crippen LogP contribution in [0.5, 0.6) is 0 Å². The summed E-state index contributed by atoms with van der Waals surface area (Å²) in [6, 6.07) is 25.3. The Morgan fingerprint density at radius 3 is 2.33 bits per heavy atom. The first-order chi connectivity index (χ1) is 11.8. The summed E-state index contributed by atoms with van der Waals surface area (Å²) in [6.45, 7) is 4.34. The van der Waals surface area contributed by atoms with Crippen LogP contribution in [0.25, 0.3) is 10.8 Å². The highest BCUT2D eigenvalue weighted by atomic mass is 15.9. The monoisotopic (exact) mass is 316 g/mol. The number of benzene rings is 3. The van der Waals surface area contributed by atoms with Crippen LogP contribution in [0, 0.1) is 0 Å². The van der Waals surface area contributed by atoms with Crippen molar-refractivity contribution in [3.8, 4) is 0 Å². The first kappa shape index (κ1) is 14.6. The molecule has 4 heteroatoms. The summed E-state index contributed by atoms with van der Waals surface area (Å²) in [6.07, 6.45) is 0. The maximum absolute atomic E-state index is 4.59. The van der Waals surface area contributed by atoms with Crippen LogP contribution in [-0.2, 0) is 0 Å². The molecule has 0 spiro atoms. The number of fused-ring (bicyclic) bond motifs is 1. The Bertz CT molecular complexity index is 881. The molecular formula is C20H20N4. The maximum atomic E-state index is 4.59. The first-order valence-electron chi connectivity index (χ1n) is 8.21. The second kappa shape index (κ2) is 5.89. The molecule has 24 heavy (non-hydrogen) atoms. The standard InChI is InChI=1S/C20H20N4/c1-15(2)23-20(17-10-4-3-5-11-17)21-22-24(23)19-14-8-12-16-9-6-7-13-18(16)19/h3-15,22H,1-2H3. The molecule has 0 fully saturated rings. The summed E-state index contributed by atoms with van der Waals surface area (Å²) < 4.78 is 0. The molecule has 3 aromatic carbocycles. The topological polar surface area (TPSA) is 30.9 Å². The quantitative estimate of drug-likeness (QED) is 0.787. The zero-order valence-electron chi connectivity index (χ0n) is 13.8. The van der Waals surface area contributed by atoms with Crippen molar-refractivity contribution in [2.24, 2.45) is 5.10 Å². The summed E-state index contributed by atoms with van der Waals surface area (Å²) in [5.41, 5.74) is 5.38. The zero-order valence-corrected chi connectivity index (χ0v) is 13.8. The van der Waals surface area contributed by atoms with Gasteiger partial charge in [-0.05, 0) is 25.3 Å². The molecule has 0 radical (unpaired) electrons. The third-order valence-corrected chi connectivity index (χ3v) is 4.20. The van der Waals surface area contributed by atoms with Crippen molar-refractivity contribution in [1.29, 1.82) is 0 Å². The zero-order chi connectivity index (χ0) is 16.5. The first-order valence-corrected chi connectivity index (χ1v) is 8.21. The van der Waals surface area contributed by atoms with Crippen molar-refractivity contribution in [3.05, 3.63) is 78.4 Å². The predicted molar refractivity (Wildman–Crippen MR) is 99.5 cm³/mol. The number of hydrogen-bond donors (Lipinski definition) is 1. The third-order valence-electron chi connectivity index (χ3n) is 4.20. The number of anilines is 1. The molecule has 0 saturated carbocycles. The molecule has 3 aromatic rings. The smallest absolute Gasteiger partial charge is 0.178 e. The highest BCUT2D eigenvalue weighted by Crippen LogP contribution is 2.30. The minimum Gasteiger partial charge on any atom is -0.243 e. The fraction of sp³-hybridized carbons (Fsp3) is 0.150. The van der Waals surface area contributed by atoms with Gasteiger partial charge in [-0.2, -0.15) is 10.7 Å². The van der Waals surface area contributed by atoms with E-state index in [0.29, 0.717) is 0 Å². The summed E-state index contributed by atoms with van der Waals surface area (Å²) in [4.78, 5) is 0. The van der Waals surface area contributed by atoms with E-state index in [1.807, 2.05) is 23.3 Å². The minimum atomic E-state index is 0.262. The Balaban J connectivity index is 1.79. The Hall–Kier alpha value is -3.01. The largest absolute Gasteiger partial charge is 0.243 e. The summed E-state index contributed by atoms with van der Waals surface area (Å²) in [5.74, 6) is 0.929. The number of amidine groups is 1. The van der Waals surface area contributed by atoms with Gasteiger partial charge in [-0.15, -0.1) is 5.10 Å². The van der Waals surface area contributed by atoms with E-state index in [0.717, 1.165) is 17.1 Å². The minimum absolute atomic E-state index is 0.262. The van der Waals surface area contributed by atoms with Crippen molar-refractivity contribution < 1.29 is 0 Å². The van der Waals surface area contributed by atoms with Crippen molar-refractivity contribution in [1.82, 2.24) is 10.5 Å². The van der Waals surface area contributed by atoms with Gasteiger partial charge in [0.05, 0.1) is 5.69 Å². The number of rotatable bonds is 3. The average molecular weight is 316 g/mol. The lowest BCUT2D eigenvalue weighted by Crippen LogP contribution is -2.49. The fourth-order valence-corrected chi connectivity index (χ4v) is 3.11. The van der Waals surface area contributed by atoms with Gasteiger partial charge in [-0.1, -0.05) is 66.7 Å². The molecule has 1 heterocycles. The van der Waals surface area contributed by atoms with Crippen LogP contribution in [0.3, 0.4) is 0 Å². The lowest BCUT2D eigenvalue weighted by molar-refractivity contribution is 0.319. The SMILES string of the molecule is CC(C)N1C(c2ccccc2)=NNN1c1cccc2ccccc12. The number of hydrogen-bond acceptors (Lipinski definition) is 4. The second-order valence-electron chi connectivity index (χ2n) is 6.15. The molecule has 120 valence electrons. The van der Waals surface area contributed by atoms with Crippen molar-refractivity contribution in [3.63, 3.8) is 0 Å². The Labute approximate surface area is 141 Å². The molecule has 0 unspecified atom stereocenters. The van der Waals surface area contributed by atoms with Gasteiger partial charge in [0.1, 0.15) is 0 Å². The van der Waals surface area contributed by atoms with Gasteiger partial charge in [0.15, 0.2) is 5.84 Å². The average Bonchev–Trinajstić information content (AvgIpc) is 3.07. The molecule has 0 amide bonds. The normalized spacial score (nSPS) is 14.2. The van der Waals surface area contributed by atoms with Crippen molar-refractivity contribution >= 4 is 22.3 Å². The number of hydrazone groups is 1. The Morgan fingerprint density at radius 2 is 1.54 bits per heavy atom. The molecule has 0 aliphatic carbocycles. The molecule has 0 aromatic heterocycles. The molecule has 4 nitrogen and oxygen atoms in total. The lowest BCUT2D eigenvalue weighted by Gasteiger charge is -2.34. The van der Waals surface area contributed by atoms with Crippen LogP contribution in [0.4, 0.5) is 5.69 Å². The Kier molecular flexibility index (Phi) is 3.58. The van der Waals surface area contributed by atoms with Gasteiger partial charge >= 0.3 is 0 Å². The van der Waals surface area contributed by atoms with Crippen LogP contribution >= 0.6 is 0 Å². The number of nitrogens with one attached hydrogen (secondary N) is 1. The number of nitrogens with zero attached hydrogens (tertiary/aromatic N) is 3. The van der Waals surface area contributed by atoms with E-state index in [1.165, 1.54) is 10.8 Å². The van der Waals surface area contributed by atoms with Gasteiger partial charge < -0.3 is 0 Å². The summed E-state index contributed by atoms with van der Waals surface area (Å²) >= 11 is 0. The van der Waals surface area contributed by atoms with Crippen LogP contribution in [-0.4, -0.2) is 16.9 Å². The van der Waals surface area contributed by atoms with Gasteiger partial charge in [0.2, 0.25) is 0 Å². The Morgan fingerprint density at radius 1 is 0.833 bits per heavy atom. The van der Waals surface area contributed by atoms with Crippen molar-refractivity contribution in [2.75, 3.05) is 5.12 Å². The van der Waals surface area contributed by atoms with E-state index in [2.05, 4.69) is 84.1 Å². The van der Waals surface area contributed by atoms with Gasteiger partial charge in [0, 0.05) is 17.0 Å². The maximum Gasteiger partial charge on any atom is 0.178 e. The van der Waals surface area contributed by atoms with Crippen molar-refractivity contribution in [2.45, 2.75) is 19.9 Å². The number of hydrazine groups is 2. The van der Waals surface area contributed by atoms with Crippen LogP contribution in [0.15, 0.2) is 77.9 Å². The van der Waals surface area contributed by atoms with Crippen LogP contribution in [0.2, 0.25) is 0 Å². The second-order valence-corrected chi connectivity index (χ2v) is 6.15. The molecule has 4 rings (SSSR count). The molecule has 1 aliphatic heterocycles. The van der Waals surface area contributed by atoms with E-state index in [1.54, 1.807) is 0 Å². The summed E-state index contributed by atoms with van der Waals surface area (Å²) in [5, 5.41) is 11.2. The molecular weight excluding hydrogens is 296 g/mol. The van der Waals surface area contributed by atoms with E-state index in [9.17, 15) is 0 Å². The van der Waals surface area contributed by atoms with E-state index < -0.39 is 0 Å². The van der Waals surface area contributed by atoms with Gasteiger partial charge in [-0.3, -0.25) is 0 Å². The molecule has 0 atom stereocenters. The van der Waals surface area contributed by atoms with E-state index >= 15 is 0 Å². The molecule has 0 saturated heterocycles. The van der Waals surface area contributed by atoms with Gasteiger partial charge in [-0.25, -0.2) is 5.01 Å². The van der Waals surface area contributed by atoms with E-state index in [-0.39, 0.29) is 6.04 Å². The third kappa shape index (κ3) is 2.36. The van der Waals surface area contributed by atoms with Crippen LogP contribution < -0.4 is 10.7 Å². The molecule has 0 bridgehead atoms.